The van der Waals surface area contributed by atoms with Gasteiger partial charge >= 0.3 is 5.97 Å². The van der Waals surface area contributed by atoms with Gasteiger partial charge < -0.3 is 24.3 Å². The lowest BCUT2D eigenvalue weighted by molar-refractivity contribution is -0.170. The van der Waals surface area contributed by atoms with Gasteiger partial charge in [0.15, 0.2) is 0 Å². The zero-order chi connectivity index (χ0) is 19.7. The van der Waals surface area contributed by atoms with Crippen molar-refractivity contribution in [1.82, 2.24) is 5.32 Å². The third-order valence-electron chi connectivity index (χ3n) is 5.89. The van der Waals surface area contributed by atoms with Gasteiger partial charge in [0.25, 0.3) is 0 Å². The van der Waals surface area contributed by atoms with Gasteiger partial charge in [0.2, 0.25) is 0 Å². The van der Waals surface area contributed by atoms with Crippen molar-refractivity contribution in [3.8, 4) is 11.4 Å². The second kappa shape index (κ2) is 8.00. The number of methoxy groups -OCH3 is 1. The van der Waals surface area contributed by atoms with Crippen LogP contribution in [0.25, 0.3) is 0 Å². The number of rotatable bonds is 7. The van der Waals surface area contributed by atoms with Crippen LogP contribution in [0.2, 0.25) is 0 Å². The third kappa shape index (κ3) is 4.27. The first-order valence-electron chi connectivity index (χ1n) is 9.37. The number of epoxide rings is 2. The molecule has 1 unspecified atom stereocenters. The molecule has 2 saturated heterocycles. The van der Waals surface area contributed by atoms with Crippen LogP contribution in [0.15, 0.2) is 11.6 Å². The standard InChI is InChI=1S/C20H28ClNO5/c1-13(2)5-6-15-19(3,27-15)18-17(24-4)14(7-8-20(18)12-25-20)26-16(23)11-22-10-9-21/h5,14-15,17-18,22H,6-8,11-12H2,1-4H3/t14-,15?,17-,18-,19+,20+/m1/s1. The van der Waals surface area contributed by atoms with E-state index >= 15 is 0 Å². The first kappa shape index (κ1) is 20.5. The summed E-state index contributed by atoms with van der Waals surface area (Å²) in [6.07, 6.45) is 4.13. The molecule has 0 amide bonds. The molecule has 2 aliphatic heterocycles. The lowest BCUT2D eigenvalue weighted by atomic mass is 9.68. The monoisotopic (exact) mass is 397 g/mol. The molecule has 2 heterocycles. The summed E-state index contributed by atoms with van der Waals surface area (Å²) in [5.41, 5.74) is 0.716. The number of hydrogen-bond acceptors (Lipinski definition) is 6. The highest BCUT2D eigenvalue weighted by Crippen LogP contribution is 2.59. The summed E-state index contributed by atoms with van der Waals surface area (Å²) in [5, 5.41) is 4.78. The Bertz CT molecular complexity index is 661. The molecular formula is C20H28ClNO5. The number of carbonyl (C=O) groups excluding carboxylic acids is 1. The number of ether oxygens (including phenoxy) is 4. The number of esters is 1. The maximum atomic E-state index is 12.1. The fourth-order valence-corrected chi connectivity index (χ4v) is 4.50. The molecule has 1 N–H and O–H groups in total. The zero-order valence-corrected chi connectivity index (χ0v) is 17.1. The van der Waals surface area contributed by atoms with Crippen LogP contribution in [-0.2, 0) is 23.7 Å². The fraction of sp³-hybridized carbons (Fsp3) is 0.750. The predicted octanol–water partition coefficient (Wildman–Crippen LogP) is 2.35. The Labute approximate surface area is 165 Å². The van der Waals surface area contributed by atoms with Gasteiger partial charge in [-0.1, -0.05) is 11.6 Å². The molecule has 1 aliphatic carbocycles. The summed E-state index contributed by atoms with van der Waals surface area (Å²) in [5.74, 6) is -0.358. The highest BCUT2D eigenvalue weighted by atomic mass is 35.5. The highest BCUT2D eigenvalue weighted by Gasteiger charge is 2.72. The number of nitrogens with one attached hydrogen (secondary N) is 1. The van der Waals surface area contributed by atoms with Gasteiger partial charge in [0.1, 0.15) is 30.0 Å². The van der Waals surface area contributed by atoms with Gasteiger partial charge in [-0.05, 0) is 51.6 Å². The van der Waals surface area contributed by atoms with E-state index in [1.165, 1.54) is 5.57 Å². The van der Waals surface area contributed by atoms with Crippen LogP contribution < -0.4 is 5.32 Å². The van der Waals surface area contributed by atoms with Gasteiger partial charge in [-0.25, -0.2) is 0 Å². The molecule has 27 heavy (non-hydrogen) atoms. The normalized spacial score (nSPS) is 39.1. The summed E-state index contributed by atoms with van der Waals surface area (Å²) < 4.78 is 23.6. The predicted molar refractivity (Wildman–Crippen MR) is 101 cm³/mol. The van der Waals surface area contributed by atoms with E-state index in [9.17, 15) is 4.79 Å². The fourth-order valence-electron chi connectivity index (χ4n) is 4.43. The molecule has 0 bridgehead atoms. The molecule has 3 fully saturated rings. The molecule has 1 spiro atoms. The van der Waals surface area contributed by atoms with Gasteiger partial charge in [0, 0.05) is 18.5 Å². The second-order valence-electron chi connectivity index (χ2n) is 7.98. The van der Waals surface area contributed by atoms with Crippen molar-refractivity contribution in [3.05, 3.63) is 11.6 Å². The first-order chi connectivity index (χ1) is 12.9. The molecule has 0 aromatic carbocycles. The third-order valence-corrected chi connectivity index (χ3v) is 5.98. The number of hydrogen-bond donors (Lipinski definition) is 1. The Morgan fingerprint density at radius 2 is 2.19 bits per heavy atom. The molecule has 1 saturated carbocycles. The smallest absolute Gasteiger partial charge is 0.326 e. The van der Waals surface area contributed by atoms with E-state index in [4.69, 9.17) is 30.5 Å². The number of carbonyl (C=O) groups is 1. The molecule has 7 heteroatoms. The minimum Gasteiger partial charge on any atom is -0.458 e. The van der Waals surface area contributed by atoms with Crippen molar-refractivity contribution >= 4 is 17.6 Å². The Kier molecular flexibility index (Phi) is 6.07. The van der Waals surface area contributed by atoms with Crippen LogP contribution in [0.5, 0.6) is 0 Å². The van der Waals surface area contributed by atoms with Crippen LogP contribution in [0.3, 0.4) is 0 Å². The summed E-state index contributed by atoms with van der Waals surface area (Å²) >= 11 is 5.27. The van der Waals surface area contributed by atoms with Crippen molar-refractivity contribution in [3.63, 3.8) is 0 Å². The molecule has 150 valence electrons. The van der Waals surface area contributed by atoms with Gasteiger partial charge in [0.05, 0.1) is 18.6 Å². The van der Waals surface area contributed by atoms with Crippen molar-refractivity contribution in [1.29, 1.82) is 0 Å². The topological polar surface area (TPSA) is 72.6 Å². The van der Waals surface area contributed by atoms with Crippen molar-refractivity contribution in [2.75, 3.05) is 20.3 Å². The SMILES string of the molecule is CO[C@@H]1[C@H](OC(=O)CNC#CCl)CC[C@]2(CO2)[C@H]1[C@@]1(C)OC1CC=C(C)C. The summed E-state index contributed by atoms with van der Waals surface area (Å²) in [4.78, 5) is 12.1. The van der Waals surface area contributed by atoms with E-state index in [1.54, 1.807) is 7.11 Å². The maximum absolute atomic E-state index is 12.1. The number of halogens is 1. The van der Waals surface area contributed by atoms with E-state index in [0.717, 1.165) is 12.8 Å². The molecule has 0 aromatic heterocycles. The van der Waals surface area contributed by atoms with Crippen LogP contribution in [0.1, 0.15) is 40.0 Å². The molecule has 6 atom stereocenters. The van der Waals surface area contributed by atoms with Gasteiger partial charge in [-0.2, -0.15) is 0 Å². The summed E-state index contributed by atoms with van der Waals surface area (Å²) in [6, 6.07) is 2.42. The van der Waals surface area contributed by atoms with E-state index < -0.39 is 0 Å². The highest BCUT2D eigenvalue weighted by molar-refractivity contribution is 6.30. The molecular weight excluding hydrogens is 370 g/mol. The zero-order valence-electron chi connectivity index (χ0n) is 16.3. The Morgan fingerprint density at radius 1 is 1.44 bits per heavy atom. The average molecular weight is 398 g/mol. The second-order valence-corrected chi connectivity index (χ2v) is 8.17. The van der Waals surface area contributed by atoms with Crippen LogP contribution in [0.4, 0.5) is 0 Å². The van der Waals surface area contributed by atoms with Crippen molar-refractivity contribution in [2.24, 2.45) is 5.92 Å². The van der Waals surface area contributed by atoms with Crippen LogP contribution in [0, 0.1) is 17.3 Å². The molecule has 3 aliphatic rings. The quantitative estimate of drug-likeness (QED) is 0.234. The van der Waals surface area contributed by atoms with Gasteiger partial charge in [-0.15, -0.1) is 0 Å². The lowest BCUT2D eigenvalue weighted by Crippen LogP contribution is -2.55. The molecule has 3 rings (SSSR count). The van der Waals surface area contributed by atoms with Crippen molar-refractivity contribution < 1.29 is 23.7 Å². The van der Waals surface area contributed by atoms with E-state index in [1.807, 2.05) is 0 Å². The minimum atomic E-state index is -0.379. The van der Waals surface area contributed by atoms with E-state index in [0.29, 0.717) is 13.0 Å². The maximum Gasteiger partial charge on any atom is 0.326 e. The van der Waals surface area contributed by atoms with Crippen molar-refractivity contribution in [2.45, 2.75) is 69.5 Å². The van der Waals surface area contributed by atoms with E-state index in [-0.39, 0.29) is 47.9 Å². The lowest BCUT2D eigenvalue weighted by Gasteiger charge is -2.42. The molecule has 6 nitrogen and oxygen atoms in total. The molecule has 0 aromatic rings. The van der Waals surface area contributed by atoms with Gasteiger partial charge in [-0.3, -0.25) is 4.79 Å². The Hall–Kier alpha value is -1.26. The largest absolute Gasteiger partial charge is 0.458 e. The first-order valence-corrected chi connectivity index (χ1v) is 9.75. The molecule has 0 radical (unpaired) electrons. The summed E-state index contributed by atoms with van der Waals surface area (Å²) in [7, 11) is 1.66. The Balaban J connectivity index is 1.70. The Morgan fingerprint density at radius 3 is 2.78 bits per heavy atom. The number of allylic oxidation sites excluding steroid dienone is 1. The van der Waals surface area contributed by atoms with E-state index in [2.05, 4.69) is 43.6 Å². The summed E-state index contributed by atoms with van der Waals surface area (Å²) in [6.45, 7) is 6.98. The van der Waals surface area contributed by atoms with Crippen LogP contribution in [-0.4, -0.2) is 55.7 Å². The minimum absolute atomic E-state index is 0.0179. The van der Waals surface area contributed by atoms with Crippen LogP contribution >= 0.6 is 11.6 Å². The average Bonchev–Trinajstić information content (AvgIpc) is 3.53.